The number of aromatic nitrogens is 2. The number of amides is 5. The standard InChI is InChI=1S/C17H26N8O7S/c18-8(2-12(19)26)14(28)23-10(3-13(20)27)16(30)24-9(1-7-4-21-6-22-7)15(29)25-11(5-33)17(31)32/h4,6,8-11,33H,1-3,5,18H2,(H2,19,26)(H2,20,27)(H,21,22)(H,23,28)(H,24,30)(H,25,29)(H,31,32). The number of rotatable bonds is 14. The number of hydrogen-bond donors (Lipinski definition) is 9. The van der Waals surface area contributed by atoms with Gasteiger partial charge in [-0.25, -0.2) is 9.78 Å². The summed E-state index contributed by atoms with van der Waals surface area (Å²) in [5.41, 5.74) is 16.1. The zero-order chi connectivity index (χ0) is 25.1. The molecule has 0 radical (unpaired) electrons. The minimum atomic E-state index is -1.54. The molecule has 0 fully saturated rings. The van der Waals surface area contributed by atoms with E-state index in [2.05, 4.69) is 38.5 Å². The van der Waals surface area contributed by atoms with Gasteiger partial charge in [0.1, 0.15) is 18.1 Å². The average Bonchev–Trinajstić information content (AvgIpc) is 3.22. The highest BCUT2D eigenvalue weighted by Crippen LogP contribution is 2.03. The SMILES string of the molecule is NC(=O)CC(N)C(=O)NC(CC(N)=O)C(=O)NC(Cc1cnc[nH]1)C(=O)NC(CS)C(=O)O. The van der Waals surface area contributed by atoms with Crippen LogP contribution in [-0.4, -0.2) is 80.5 Å². The number of thiol groups is 1. The van der Waals surface area contributed by atoms with E-state index < -0.39 is 72.5 Å². The third kappa shape index (κ3) is 9.56. The second kappa shape index (κ2) is 13.0. The number of carbonyl (C=O) groups excluding carboxylic acids is 5. The maximum atomic E-state index is 12.8. The minimum absolute atomic E-state index is 0.130. The van der Waals surface area contributed by atoms with Crippen LogP contribution in [0.15, 0.2) is 12.5 Å². The fourth-order valence-corrected chi connectivity index (χ4v) is 2.80. The first-order valence-electron chi connectivity index (χ1n) is 9.48. The first kappa shape index (κ1) is 27.4. The summed E-state index contributed by atoms with van der Waals surface area (Å²) >= 11 is 3.86. The van der Waals surface area contributed by atoms with Gasteiger partial charge in [-0.15, -0.1) is 0 Å². The van der Waals surface area contributed by atoms with Crippen LogP contribution < -0.4 is 33.2 Å². The van der Waals surface area contributed by atoms with Crippen molar-refractivity contribution < 1.29 is 33.9 Å². The summed E-state index contributed by atoms with van der Waals surface area (Å²) < 4.78 is 0. The van der Waals surface area contributed by atoms with Gasteiger partial charge in [0.25, 0.3) is 0 Å². The molecular formula is C17H26N8O7S. The number of imidazole rings is 1. The maximum absolute atomic E-state index is 12.8. The topological polar surface area (TPSA) is 265 Å². The number of nitrogens with two attached hydrogens (primary N) is 3. The van der Waals surface area contributed by atoms with Crippen LogP contribution in [0, 0.1) is 0 Å². The van der Waals surface area contributed by atoms with Gasteiger partial charge in [0.2, 0.25) is 29.5 Å². The Balaban J connectivity index is 3.04. The molecule has 0 aliphatic heterocycles. The van der Waals surface area contributed by atoms with Crippen molar-refractivity contribution in [3.8, 4) is 0 Å². The molecule has 15 nitrogen and oxygen atoms in total. The summed E-state index contributed by atoms with van der Waals surface area (Å²) in [6.07, 6.45) is 1.42. The van der Waals surface area contributed by atoms with Crippen molar-refractivity contribution in [3.63, 3.8) is 0 Å². The molecule has 0 aliphatic carbocycles. The second-order valence-corrected chi connectivity index (χ2v) is 7.30. The highest BCUT2D eigenvalue weighted by atomic mass is 32.1. The third-order valence-corrected chi connectivity index (χ3v) is 4.57. The van der Waals surface area contributed by atoms with E-state index in [1.165, 1.54) is 12.5 Å². The number of aromatic amines is 1. The lowest BCUT2D eigenvalue weighted by Gasteiger charge is -2.24. The van der Waals surface area contributed by atoms with Gasteiger partial charge in [-0.3, -0.25) is 24.0 Å². The number of aliphatic carboxylic acids is 1. The maximum Gasteiger partial charge on any atom is 0.327 e. The van der Waals surface area contributed by atoms with Crippen molar-refractivity contribution in [2.24, 2.45) is 17.2 Å². The lowest BCUT2D eigenvalue weighted by Crippen LogP contribution is -2.58. The number of nitrogens with zero attached hydrogens (tertiary/aromatic N) is 1. The number of carboxylic acid groups (broad SMARTS) is 1. The highest BCUT2D eigenvalue weighted by molar-refractivity contribution is 7.80. The van der Waals surface area contributed by atoms with Crippen molar-refractivity contribution in [1.82, 2.24) is 25.9 Å². The molecule has 0 bridgehead atoms. The quantitative estimate of drug-likeness (QED) is 0.114. The molecule has 0 saturated heterocycles. The summed E-state index contributed by atoms with van der Waals surface area (Å²) in [5.74, 6) is -6.17. The van der Waals surface area contributed by atoms with Crippen LogP contribution in [0.25, 0.3) is 0 Å². The molecule has 5 amide bonds. The molecular weight excluding hydrogens is 460 g/mol. The van der Waals surface area contributed by atoms with Crippen LogP contribution in [0.5, 0.6) is 0 Å². The van der Waals surface area contributed by atoms with E-state index in [0.29, 0.717) is 5.69 Å². The molecule has 16 heteroatoms. The Labute approximate surface area is 193 Å². The van der Waals surface area contributed by atoms with Crippen LogP contribution in [0.4, 0.5) is 0 Å². The van der Waals surface area contributed by atoms with Crippen molar-refractivity contribution >= 4 is 48.1 Å². The van der Waals surface area contributed by atoms with Gasteiger partial charge in [-0.2, -0.15) is 12.6 Å². The number of hydrogen-bond acceptors (Lipinski definition) is 9. The van der Waals surface area contributed by atoms with Gasteiger partial charge in [0.15, 0.2) is 0 Å². The van der Waals surface area contributed by atoms with Crippen LogP contribution in [0.2, 0.25) is 0 Å². The molecule has 1 aromatic heterocycles. The van der Waals surface area contributed by atoms with E-state index in [1.54, 1.807) is 0 Å². The molecule has 0 spiro atoms. The predicted molar refractivity (Wildman–Crippen MR) is 115 cm³/mol. The number of carboxylic acids is 1. The number of primary amides is 2. The summed E-state index contributed by atoms with van der Waals surface area (Å²) in [6, 6.07) is -5.59. The van der Waals surface area contributed by atoms with Crippen LogP contribution >= 0.6 is 12.6 Å². The molecule has 33 heavy (non-hydrogen) atoms. The third-order valence-electron chi connectivity index (χ3n) is 4.21. The van der Waals surface area contributed by atoms with Gasteiger partial charge < -0.3 is 43.2 Å². The Morgan fingerprint density at radius 2 is 1.48 bits per heavy atom. The summed E-state index contributed by atoms with van der Waals surface area (Å²) in [6.45, 7) is 0. The minimum Gasteiger partial charge on any atom is -0.480 e. The molecule has 4 unspecified atom stereocenters. The van der Waals surface area contributed by atoms with Gasteiger partial charge in [-0.05, 0) is 0 Å². The fraction of sp³-hybridized carbons (Fsp3) is 0.471. The Morgan fingerprint density at radius 1 is 0.939 bits per heavy atom. The van der Waals surface area contributed by atoms with Gasteiger partial charge in [0, 0.05) is 24.1 Å². The largest absolute Gasteiger partial charge is 0.480 e. The summed E-state index contributed by atoms with van der Waals surface area (Å²) in [7, 11) is 0. The lowest BCUT2D eigenvalue weighted by atomic mass is 10.1. The van der Waals surface area contributed by atoms with E-state index in [9.17, 15) is 28.8 Å². The highest BCUT2D eigenvalue weighted by Gasteiger charge is 2.31. The van der Waals surface area contributed by atoms with Crippen LogP contribution in [0.3, 0.4) is 0 Å². The van der Waals surface area contributed by atoms with E-state index in [1.807, 2.05) is 0 Å². The van der Waals surface area contributed by atoms with Crippen LogP contribution in [0.1, 0.15) is 18.5 Å². The molecule has 0 aromatic carbocycles. The van der Waals surface area contributed by atoms with Crippen molar-refractivity contribution in [2.45, 2.75) is 43.4 Å². The lowest BCUT2D eigenvalue weighted by molar-refractivity contribution is -0.141. The smallest absolute Gasteiger partial charge is 0.327 e. The summed E-state index contributed by atoms with van der Waals surface area (Å²) in [5, 5.41) is 15.9. The predicted octanol–water partition coefficient (Wildman–Crippen LogP) is -4.50. The normalized spacial score (nSPS) is 14.2. The van der Waals surface area contributed by atoms with E-state index in [4.69, 9.17) is 22.3 Å². The Hall–Kier alpha value is -3.66. The summed E-state index contributed by atoms with van der Waals surface area (Å²) in [4.78, 5) is 77.7. The van der Waals surface area contributed by atoms with Gasteiger partial charge in [-0.1, -0.05) is 0 Å². The van der Waals surface area contributed by atoms with Gasteiger partial charge in [0.05, 0.1) is 25.2 Å². The number of carbonyl (C=O) groups is 6. The molecule has 182 valence electrons. The zero-order valence-electron chi connectivity index (χ0n) is 17.3. The first-order chi connectivity index (χ1) is 15.4. The molecule has 4 atom stereocenters. The molecule has 1 aromatic rings. The molecule has 1 rings (SSSR count). The number of H-pyrrole nitrogens is 1. The first-order valence-corrected chi connectivity index (χ1v) is 10.1. The van der Waals surface area contributed by atoms with Crippen molar-refractivity contribution in [2.75, 3.05) is 5.75 Å². The molecule has 0 saturated carbocycles. The monoisotopic (exact) mass is 486 g/mol. The number of nitrogens with one attached hydrogen (secondary N) is 4. The second-order valence-electron chi connectivity index (χ2n) is 6.93. The molecule has 1 heterocycles. The zero-order valence-corrected chi connectivity index (χ0v) is 18.2. The van der Waals surface area contributed by atoms with Crippen LogP contribution in [-0.2, 0) is 35.2 Å². The fourth-order valence-electron chi connectivity index (χ4n) is 2.55. The van der Waals surface area contributed by atoms with E-state index >= 15 is 0 Å². The van der Waals surface area contributed by atoms with Crippen molar-refractivity contribution in [1.29, 1.82) is 0 Å². The van der Waals surface area contributed by atoms with E-state index in [-0.39, 0.29) is 12.2 Å². The van der Waals surface area contributed by atoms with Gasteiger partial charge >= 0.3 is 5.97 Å². The Bertz CT molecular complexity index is 879. The Morgan fingerprint density at radius 3 is 1.97 bits per heavy atom. The molecule has 0 aliphatic rings. The Kier molecular flexibility index (Phi) is 10.8. The van der Waals surface area contributed by atoms with E-state index in [0.717, 1.165) is 0 Å². The average molecular weight is 487 g/mol. The molecule has 11 N–H and O–H groups in total. The van der Waals surface area contributed by atoms with Crippen molar-refractivity contribution in [3.05, 3.63) is 18.2 Å².